The highest BCUT2D eigenvalue weighted by atomic mass is 16.5. The van der Waals surface area contributed by atoms with Crippen LogP contribution >= 0.6 is 0 Å². The second kappa shape index (κ2) is 6.18. The van der Waals surface area contributed by atoms with E-state index in [1.807, 2.05) is 38.1 Å². The SMILES string of the molecule is Cc1cc(C#N)cc(C)c1OC(CN)c1cccnc1. The molecule has 0 amide bonds. The van der Waals surface area contributed by atoms with Crippen LogP contribution in [0.4, 0.5) is 0 Å². The number of hydrogen-bond donors (Lipinski definition) is 1. The standard InChI is InChI=1S/C16H17N3O/c1-11-6-13(8-17)7-12(2)16(11)20-15(9-18)14-4-3-5-19-10-14/h3-7,10,15H,9,18H2,1-2H3. The van der Waals surface area contributed by atoms with Crippen LogP contribution in [0, 0.1) is 25.2 Å². The maximum absolute atomic E-state index is 8.96. The van der Waals surface area contributed by atoms with E-state index in [1.165, 1.54) is 0 Å². The molecule has 0 bridgehead atoms. The first kappa shape index (κ1) is 14.0. The summed E-state index contributed by atoms with van der Waals surface area (Å²) in [7, 11) is 0. The molecule has 0 radical (unpaired) electrons. The summed E-state index contributed by atoms with van der Waals surface area (Å²) in [4.78, 5) is 4.09. The van der Waals surface area contributed by atoms with Gasteiger partial charge in [0.25, 0.3) is 0 Å². The van der Waals surface area contributed by atoms with Gasteiger partial charge in [0.05, 0.1) is 11.6 Å². The normalized spacial score (nSPS) is 11.7. The van der Waals surface area contributed by atoms with Crippen molar-refractivity contribution in [2.24, 2.45) is 5.73 Å². The van der Waals surface area contributed by atoms with Gasteiger partial charge in [-0.25, -0.2) is 0 Å². The van der Waals surface area contributed by atoms with E-state index < -0.39 is 0 Å². The number of pyridine rings is 1. The maximum Gasteiger partial charge on any atom is 0.137 e. The van der Waals surface area contributed by atoms with Crippen molar-refractivity contribution in [3.8, 4) is 11.8 Å². The third-order valence-electron chi connectivity index (χ3n) is 3.12. The number of benzene rings is 1. The maximum atomic E-state index is 8.96. The summed E-state index contributed by atoms with van der Waals surface area (Å²) >= 11 is 0. The molecule has 4 heteroatoms. The number of aryl methyl sites for hydroxylation is 2. The summed E-state index contributed by atoms with van der Waals surface area (Å²) in [6.07, 6.45) is 3.23. The van der Waals surface area contributed by atoms with E-state index in [9.17, 15) is 0 Å². The van der Waals surface area contributed by atoms with E-state index in [0.717, 1.165) is 22.4 Å². The van der Waals surface area contributed by atoms with Crippen molar-refractivity contribution in [1.82, 2.24) is 4.98 Å². The van der Waals surface area contributed by atoms with Crippen LogP contribution in [-0.2, 0) is 0 Å². The zero-order valence-electron chi connectivity index (χ0n) is 11.6. The Morgan fingerprint density at radius 3 is 2.55 bits per heavy atom. The van der Waals surface area contributed by atoms with Crippen LogP contribution in [0.2, 0.25) is 0 Å². The fourth-order valence-corrected chi connectivity index (χ4v) is 2.16. The van der Waals surface area contributed by atoms with Crippen molar-refractivity contribution in [1.29, 1.82) is 5.26 Å². The Morgan fingerprint density at radius 1 is 1.35 bits per heavy atom. The van der Waals surface area contributed by atoms with Gasteiger partial charge < -0.3 is 10.5 Å². The Morgan fingerprint density at radius 2 is 2.05 bits per heavy atom. The lowest BCUT2D eigenvalue weighted by Crippen LogP contribution is -2.19. The topological polar surface area (TPSA) is 71.9 Å². The lowest BCUT2D eigenvalue weighted by Gasteiger charge is -2.20. The van der Waals surface area contributed by atoms with Gasteiger partial charge in [0.1, 0.15) is 11.9 Å². The minimum atomic E-state index is -0.242. The molecular formula is C16H17N3O. The summed E-state index contributed by atoms with van der Waals surface area (Å²) in [6, 6.07) is 9.59. The molecular weight excluding hydrogens is 250 g/mol. The Balaban J connectivity index is 2.32. The molecule has 20 heavy (non-hydrogen) atoms. The lowest BCUT2D eigenvalue weighted by molar-refractivity contribution is 0.211. The summed E-state index contributed by atoms with van der Waals surface area (Å²) in [6.45, 7) is 4.23. The van der Waals surface area contributed by atoms with Crippen LogP contribution in [0.15, 0.2) is 36.7 Å². The van der Waals surface area contributed by atoms with Crippen LogP contribution in [0.25, 0.3) is 0 Å². The van der Waals surface area contributed by atoms with Crippen molar-refractivity contribution >= 4 is 0 Å². The third kappa shape index (κ3) is 2.95. The zero-order chi connectivity index (χ0) is 14.5. The fourth-order valence-electron chi connectivity index (χ4n) is 2.16. The van der Waals surface area contributed by atoms with Crippen molar-refractivity contribution in [3.63, 3.8) is 0 Å². The third-order valence-corrected chi connectivity index (χ3v) is 3.12. The van der Waals surface area contributed by atoms with Gasteiger partial charge in [-0.15, -0.1) is 0 Å². The summed E-state index contributed by atoms with van der Waals surface area (Å²) < 4.78 is 6.04. The molecule has 102 valence electrons. The molecule has 1 heterocycles. The predicted molar refractivity (Wildman–Crippen MR) is 77.3 cm³/mol. The molecule has 1 atom stereocenters. The molecule has 0 aliphatic carbocycles. The van der Waals surface area contributed by atoms with Crippen LogP contribution in [0.5, 0.6) is 5.75 Å². The lowest BCUT2D eigenvalue weighted by atomic mass is 10.1. The van der Waals surface area contributed by atoms with E-state index in [1.54, 1.807) is 12.4 Å². The fraction of sp³-hybridized carbons (Fsp3) is 0.250. The van der Waals surface area contributed by atoms with Gasteiger partial charge in [0.15, 0.2) is 0 Å². The molecule has 0 aliphatic heterocycles. The minimum Gasteiger partial charge on any atom is -0.484 e. The molecule has 4 nitrogen and oxygen atoms in total. The minimum absolute atomic E-state index is 0.242. The van der Waals surface area contributed by atoms with Gasteiger partial charge in [-0.2, -0.15) is 5.26 Å². The van der Waals surface area contributed by atoms with E-state index in [4.69, 9.17) is 15.7 Å². The number of aromatic nitrogens is 1. The van der Waals surface area contributed by atoms with E-state index in [-0.39, 0.29) is 6.10 Å². The number of hydrogen-bond acceptors (Lipinski definition) is 4. The van der Waals surface area contributed by atoms with E-state index >= 15 is 0 Å². The van der Waals surface area contributed by atoms with Gasteiger partial charge in [0.2, 0.25) is 0 Å². The largest absolute Gasteiger partial charge is 0.484 e. The number of ether oxygens (including phenoxy) is 1. The summed E-state index contributed by atoms with van der Waals surface area (Å²) in [5.41, 5.74) is 9.25. The molecule has 1 unspecified atom stereocenters. The zero-order valence-corrected chi connectivity index (χ0v) is 11.6. The Kier molecular flexibility index (Phi) is 4.34. The molecule has 1 aromatic heterocycles. The second-order valence-corrected chi connectivity index (χ2v) is 4.68. The van der Waals surface area contributed by atoms with E-state index in [2.05, 4.69) is 11.1 Å². The van der Waals surface area contributed by atoms with E-state index in [0.29, 0.717) is 12.1 Å². The first-order chi connectivity index (χ1) is 9.65. The first-order valence-corrected chi connectivity index (χ1v) is 6.43. The molecule has 0 saturated heterocycles. The van der Waals surface area contributed by atoms with Gasteiger partial charge in [-0.3, -0.25) is 4.98 Å². The van der Waals surface area contributed by atoms with Crippen molar-refractivity contribution in [2.45, 2.75) is 20.0 Å². The van der Waals surface area contributed by atoms with Gasteiger partial charge in [0, 0.05) is 24.5 Å². The smallest absolute Gasteiger partial charge is 0.137 e. The Hall–Kier alpha value is -2.38. The average molecular weight is 267 g/mol. The van der Waals surface area contributed by atoms with Crippen molar-refractivity contribution in [2.75, 3.05) is 6.54 Å². The highest BCUT2D eigenvalue weighted by Crippen LogP contribution is 2.29. The molecule has 1 aromatic carbocycles. The molecule has 0 aliphatic rings. The monoisotopic (exact) mass is 267 g/mol. The number of nitrogens with two attached hydrogens (primary N) is 1. The van der Waals surface area contributed by atoms with Crippen molar-refractivity contribution < 1.29 is 4.74 Å². The quantitative estimate of drug-likeness (QED) is 0.924. The van der Waals surface area contributed by atoms with Gasteiger partial charge in [-0.1, -0.05) is 6.07 Å². The highest BCUT2D eigenvalue weighted by Gasteiger charge is 2.15. The number of nitrogens with zero attached hydrogens (tertiary/aromatic N) is 2. The summed E-state index contributed by atoms with van der Waals surface area (Å²) in [5, 5.41) is 8.96. The Labute approximate surface area is 118 Å². The number of rotatable bonds is 4. The molecule has 0 spiro atoms. The Bertz CT molecular complexity index is 609. The van der Waals surface area contributed by atoms with Crippen LogP contribution in [0.1, 0.15) is 28.4 Å². The molecule has 2 aromatic rings. The second-order valence-electron chi connectivity index (χ2n) is 4.68. The van der Waals surface area contributed by atoms with Crippen LogP contribution in [-0.4, -0.2) is 11.5 Å². The molecule has 0 fully saturated rings. The highest BCUT2D eigenvalue weighted by molar-refractivity contribution is 5.47. The summed E-state index contributed by atoms with van der Waals surface area (Å²) in [5.74, 6) is 0.781. The molecule has 2 rings (SSSR count). The predicted octanol–water partition coefficient (Wildman–Crippen LogP) is 2.65. The first-order valence-electron chi connectivity index (χ1n) is 6.43. The molecule has 2 N–H and O–H groups in total. The average Bonchev–Trinajstić information content (AvgIpc) is 2.47. The van der Waals surface area contributed by atoms with Gasteiger partial charge >= 0.3 is 0 Å². The van der Waals surface area contributed by atoms with Gasteiger partial charge in [-0.05, 0) is 43.2 Å². The molecule has 0 saturated carbocycles. The van der Waals surface area contributed by atoms with Crippen LogP contribution in [0.3, 0.4) is 0 Å². The number of nitriles is 1. The van der Waals surface area contributed by atoms with Crippen molar-refractivity contribution in [3.05, 3.63) is 58.9 Å². The van der Waals surface area contributed by atoms with Crippen LogP contribution < -0.4 is 10.5 Å².